The Labute approximate surface area is 186 Å². The number of nitrogens with one attached hydrogen (secondary N) is 1. The molecule has 0 radical (unpaired) electrons. The summed E-state index contributed by atoms with van der Waals surface area (Å²) in [6, 6.07) is 18.6. The quantitative estimate of drug-likeness (QED) is 0.403. The molecule has 3 heterocycles. The maximum atomic E-state index is 13.4. The zero-order chi connectivity index (χ0) is 22.1. The van der Waals surface area contributed by atoms with Gasteiger partial charge in [0.15, 0.2) is 5.16 Å². The summed E-state index contributed by atoms with van der Waals surface area (Å²) < 4.78 is 8.64. The molecule has 3 aromatic heterocycles. The van der Waals surface area contributed by atoms with E-state index >= 15 is 0 Å². The number of carbonyl (C=O) groups is 1. The first-order valence-electron chi connectivity index (χ1n) is 10.0. The van der Waals surface area contributed by atoms with Gasteiger partial charge >= 0.3 is 0 Å². The number of amides is 1. The summed E-state index contributed by atoms with van der Waals surface area (Å²) >= 11 is 1.26. The first-order valence-corrected chi connectivity index (χ1v) is 11.0. The Kier molecular flexibility index (Phi) is 5.24. The third-order valence-corrected chi connectivity index (χ3v) is 6.05. The minimum absolute atomic E-state index is 0.152. The van der Waals surface area contributed by atoms with Crippen molar-refractivity contribution < 1.29 is 9.21 Å². The zero-order valence-corrected chi connectivity index (χ0v) is 18.0. The fraction of sp³-hybridized carbons (Fsp3) is 0.130. The molecule has 160 valence electrons. The lowest BCUT2D eigenvalue weighted by Gasteiger charge is -2.13. The maximum absolute atomic E-state index is 13.4. The Hall–Kier alpha value is -3.85. The molecular weight excluding hydrogens is 426 g/mol. The molecule has 5 aromatic rings. The molecule has 0 aliphatic carbocycles. The van der Waals surface area contributed by atoms with Crippen molar-refractivity contribution in [3.63, 3.8) is 0 Å². The van der Waals surface area contributed by atoms with Gasteiger partial charge in [-0.05, 0) is 42.8 Å². The van der Waals surface area contributed by atoms with E-state index in [1.165, 1.54) is 11.8 Å². The standard InChI is InChI=1S/C23H19N5O3S/c1-15-7-2-4-10-18(15)27-21(30)17-9-3-5-11-19(17)28-22(27)25-26-23(28)32-14-20(29)24-13-16-8-6-12-31-16/h2-12H,13-14H2,1H3,(H,24,29). The molecule has 0 aliphatic rings. The van der Waals surface area contributed by atoms with Gasteiger partial charge in [0.1, 0.15) is 5.76 Å². The number of rotatable bonds is 6. The van der Waals surface area contributed by atoms with Crippen molar-refractivity contribution in [2.24, 2.45) is 0 Å². The Balaban J connectivity index is 1.55. The number of para-hydroxylation sites is 2. The number of aromatic nitrogens is 4. The summed E-state index contributed by atoms with van der Waals surface area (Å²) in [5, 5.41) is 12.5. The van der Waals surface area contributed by atoms with Gasteiger partial charge in [-0.1, -0.05) is 42.1 Å². The Morgan fingerprint density at radius 2 is 1.88 bits per heavy atom. The van der Waals surface area contributed by atoms with Crippen molar-refractivity contribution in [3.05, 3.63) is 88.6 Å². The van der Waals surface area contributed by atoms with E-state index in [0.717, 1.165) is 11.3 Å². The molecule has 0 fully saturated rings. The molecule has 9 heteroatoms. The minimum Gasteiger partial charge on any atom is -0.467 e. The van der Waals surface area contributed by atoms with Crippen LogP contribution in [0.5, 0.6) is 0 Å². The van der Waals surface area contributed by atoms with Crippen molar-refractivity contribution in [3.8, 4) is 5.69 Å². The molecule has 0 unspecified atom stereocenters. The highest BCUT2D eigenvalue weighted by Gasteiger charge is 2.19. The van der Waals surface area contributed by atoms with Gasteiger partial charge in [0.2, 0.25) is 11.7 Å². The van der Waals surface area contributed by atoms with E-state index in [4.69, 9.17) is 4.42 Å². The summed E-state index contributed by atoms with van der Waals surface area (Å²) in [7, 11) is 0. The fourth-order valence-corrected chi connectivity index (χ4v) is 4.35. The maximum Gasteiger partial charge on any atom is 0.267 e. The summed E-state index contributed by atoms with van der Waals surface area (Å²) in [6.07, 6.45) is 1.57. The molecule has 0 spiro atoms. The van der Waals surface area contributed by atoms with Crippen molar-refractivity contribution in [2.75, 3.05) is 5.75 Å². The second-order valence-electron chi connectivity index (χ2n) is 7.21. The van der Waals surface area contributed by atoms with Gasteiger partial charge in [-0.3, -0.25) is 14.0 Å². The molecular formula is C23H19N5O3S. The van der Waals surface area contributed by atoms with Crippen LogP contribution in [0.3, 0.4) is 0 Å². The first-order chi connectivity index (χ1) is 15.6. The number of aryl methyl sites for hydroxylation is 1. The zero-order valence-electron chi connectivity index (χ0n) is 17.2. The SMILES string of the molecule is Cc1ccccc1-n1c(=O)c2ccccc2n2c(SCC(=O)NCc3ccco3)nnc12. The smallest absolute Gasteiger partial charge is 0.267 e. The summed E-state index contributed by atoms with van der Waals surface area (Å²) in [6.45, 7) is 2.27. The van der Waals surface area contributed by atoms with E-state index in [2.05, 4.69) is 15.5 Å². The Morgan fingerprint density at radius 3 is 2.69 bits per heavy atom. The van der Waals surface area contributed by atoms with Crippen LogP contribution < -0.4 is 10.9 Å². The molecule has 0 atom stereocenters. The van der Waals surface area contributed by atoms with Gasteiger partial charge in [0.05, 0.1) is 35.2 Å². The van der Waals surface area contributed by atoms with Crippen LogP contribution in [0.25, 0.3) is 22.4 Å². The highest BCUT2D eigenvalue weighted by atomic mass is 32.2. The third kappa shape index (κ3) is 3.56. The molecule has 32 heavy (non-hydrogen) atoms. The van der Waals surface area contributed by atoms with Crippen LogP contribution in [-0.4, -0.2) is 30.8 Å². The Morgan fingerprint density at radius 1 is 1.06 bits per heavy atom. The molecule has 8 nitrogen and oxygen atoms in total. The summed E-state index contributed by atoms with van der Waals surface area (Å²) in [4.78, 5) is 25.7. The Bertz CT molecular complexity index is 1490. The topological polar surface area (TPSA) is 94.4 Å². The number of hydrogen-bond acceptors (Lipinski definition) is 6. The number of hydrogen-bond donors (Lipinski definition) is 1. The van der Waals surface area contributed by atoms with Crippen LogP contribution in [0.4, 0.5) is 0 Å². The van der Waals surface area contributed by atoms with Crippen LogP contribution in [0.2, 0.25) is 0 Å². The van der Waals surface area contributed by atoms with E-state index in [1.54, 1.807) is 29.0 Å². The highest BCUT2D eigenvalue weighted by Crippen LogP contribution is 2.24. The van der Waals surface area contributed by atoms with Crippen molar-refractivity contribution in [2.45, 2.75) is 18.6 Å². The van der Waals surface area contributed by atoms with Crippen molar-refractivity contribution in [1.82, 2.24) is 24.5 Å². The molecule has 1 N–H and O–H groups in total. The van der Waals surface area contributed by atoms with Gasteiger partial charge in [0.25, 0.3) is 5.56 Å². The van der Waals surface area contributed by atoms with Gasteiger partial charge in [0, 0.05) is 0 Å². The lowest BCUT2D eigenvalue weighted by Crippen LogP contribution is -2.24. The largest absolute Gasteiger partial charge is 0.467 e. The highest BCUT2D eigenvalue weighted by molar-refractivity contribution is 7.99. The fourth-order valence-electron chi connectivity index (χ4n) is 3.58. The average Bonchev–Trinajstić information content (AvgIpc) is 3.48. The lowest BCUT2D eigenvalue weighted by atomic mass is 10.2. The van der Waals surface area contributed by atoms with Crippen LogP contribution in [-0.2, 0) is 11.3 Å². The number of furan rings is 1. The van der Waals surface area contributed by atoms with E-state index in [1.807, 2.05) is 53.8 Å². The summed E-state index contributed by atoms with van der Waals surface area (Å²) in [5.41, 5.74) is 2.22. The van der Waals surface area contributed by atoms with E-state index < -0.39 is 0 Å². The van der Waals surface area contributed by atoms with Crippen LogP contribution >= 0.6 is 11.8 Å². The number of thioether (sulfide) groups is 1. The third-order valence-electron chi connectivity index (χ3n) is 5.12. The minimum atomic E-state index is -0.164. The first kappa shape index (κ1) is 20.1. The molecule has 0 saturated heterocycles. The normalized spacial score (nSPS) is 11.3. The van der Waals surface area contributed by atoms with Gasteiger partial charge in [-0.2, -0.15) is 0 Å². The molecule has 1 amide bonds. The molecule has 0 saturated carbocycles. The second-order valence-corrected chi connectivity index (χ2v) is 8.15. The van der Waals surface area contributed by atoms with Gasteiger partial charge in [-0.15, -0.1) is 10.2 Å². The number of nitrogens with zero attached hydrogens (tertiary/aromatic N) is 4. The van der Waals surface area contributed by atoms with Crippen LogP contribution in [0.15, 0.2) is 81.3 Å². The van der Waals surface area contributed by atoms with E-state index in [9.17, 15) is 9.59 Å². The molecule has 0 aliphatic heterocycles. The second kappa shape index (κ2) is 8.35. The molecule has 5 rings (SSSR count). The predicted octanol–water partition coefficient (Wildman–Crippen LogP) is 3.34. The number of fused-ring (bicyclic) bond motifs is 3. The van der Waals surface area contributed by atoms with Gasteiger partial charge in [-0.25, -0.2) is 4.57 Å². The monoisotopic (exact) mass is 445 g/mol. The van der Waals surface area contributed by atoms with Crippen LogP contribution in [0.1, 0.15) is 11.3 Å². The van der Waals surface area contributed by atoms with Crippen molar-refractivity contribution in [1.29, 1.82) is 0 Å². The molecule has 0 bridgehead atoms. The molecule has 2 aromatic carbocycles. The predicted molar refractivity (Wildman–Crippen MR) is 122 cm³/mol. The van der Waals surface area contributed by atoms with E-state index in [-0.39, 0.29) is 17.2 Å². The number of carbonyl (C=O) groups excluding carboxylic acids is 1. The summed E-state index contributed by atoms with van der Waals surface area (Å²) in [5.74, 6) is 1.09. The van der Waals surface area contributed by atoms with Crippen LogP contribution in [0, 0.1) is 6.92 Å². The van der Waals surface area contributed by atoms with Gasteiger partial charge < -0.3 is 9.73 Å². The number of benzene rings is 2. The average molecular weight is 446 g/mol. The lowest BCUT2D eigenvalue weighted by molar-refractivity contribution is -0.118. The van der Waals surface area contributed by atoms with Crippen molar-refractivity contribution >= 4 is 34.3 Å². The van der Waals surface area contributed by atoms with E-state index in [0.29, 0.717) is 34.1 Å².